The molecule has 146 valence electrons. The van der Waals surface area contributed by atoms with E-state index in [-0.39, 0.29) is 23.9 Å². The Hall–Kier alpha value is -1.69. The second-order valence-electron chi connectivity index (χ2n) is 5.66. The van der Waals surface area contributed by atoms with Crippen LogP contribution in [0.1, 0.15) is 23.9 Å². The van der Waals surface area contributed by atoms with E-state index in [4.69, 9.17) is 27.1 Å². The van der Waals surface area contributed by atoms with Crippen molar-refractivity contribution in [3.05, 3.63) is 17.9 Å². The predicted molar refractivity (Wildman–Crippen MR) is 99.3 cm³/mol. The molecule has 3 N–H and O–H groups in total. The number of nitrogens with zero attached hydrogens (tertiary/aromatic N) is 2. The minimum Gasteiger partial charge on any atom is -0.438 e. The van der Waals surface area contributed by atoms with Crippen molar-refractivity contribution >= 4 is 33.3 Å². The highest BCUT2D eigenvalue weighted by Gasteiger charge is 2.31. The van der Waals surface area contributed by atoms with Crippen LogP contribution in [0.25, 0.3) is 0 Å². The molecule has 0 saturated carbocycles. The first kappa shape index (κ1) is 20.6. The van der Waals surface area contributed by atoms with E-state index in [0.717, 1.165) is 6.42 Å². The number of furan rings is 1. The molecule has 0 aliphatic carbocycles. The largest absolute Gasteiger partial charge is 0.438 e. The van der Waals surface area contributed by atoms with Crippen LogP contribution in [0.4, 0.5) is 0 Å². The lowest BCUT2D eigenvalue weighted by molar-refractivity contribution is 0.0968. The van der Waals surface area contributed by atoms with Crippen molar-refractivity contribution in [2.45, 2.75) is 18.4 Å². The Morgan fingerprint density at radius 1 is 1.35 bits per heavy atom. The van der Waals surface area contributed by atoms with Crippen LogP contribution in [0.5, 0.6) is 0 Å². The smallest absolute Gasteiger partial charge is 0.284 e. The second kappa shape index (κ2) is 9.31. The van der Waals surface area contributed by atoms with Crippen molar-refractivity contribution in [1.29, 1.82) is 0 Å². The third-order valence-corrected chi connectivity index (χ3v) is 6.07. The lowest BCUT2D eigenvalue weighted by Gasteiger charge is -2.35. The maximum Gasteiger partial charge on any atom is 0.284 e. The molecule has 2 heterocycles. The molecular formula is C15H24N4O5S2. The molecule has 1 aliphatic rings. The number of nitrogens with two attached hydrogens (primary N) is 1. The first-order valence-electron chi connectivity index (χ1n) is 8.36. The van der Waals surface area contributed by atoms with Crippen molar-refractivity contribution in [2.24, 2.45) is 5.73 Å². The fourth-order valence-corrected chi connectivity index (χ4v) is 4.09. The van der Waals surface area contributed by atoms with E-state index in [9.17, 15) is 13.2 Å². The van der Waals surface area contributed by atoms with Crippen LogP contribution in [0.3, 0.4) is 0 Å². The summed E-state index contributed by atoms with van der Waals surface area (Å²) < 4.78 is 36.8. The number of hydrogen-bond acceptors (Lipinski definition) is 6. The number of carbonyl (C=O) groups is 1. The number of carbonyl (C=O) groups excluding carboxylic acids is 1. The quantitative estimate of drug-likeness (QED) is 0.459. The van der Waals surface area contributed by atoms with Crippen molar-refractivity contribution in [3.63, 3.8) is 0 Å². The molecule has 26 heavy (non-hydrogen) atoms. The zero-order valence-electron chi connectivity index (χ0n) is 14.6. The normalized spacial score (nSPS) is 15.8. The van der Waals surface area contributed by atoms with Crippen molar-refractivity contribution in [3.8, 4) is 0 Å². The fraction of sp³-hybridized carbons (Fsp3) is 0.600. The molecule has 1 saturated heterocycles. The summed E-state index contributed by atoms with van der Waals surface area (Å²) in [5.41, 5.74) is 5.09. The predicted octanol–water partition coefficient (Wildman–Crippen LogP) is -0.0141. The lowest BCUT2D eigenvalue weighted by atomic mass is 10.4. The molecule has 0 radical (unpaired) electrons. The SMILES string of the molecule is CCOCCCNC(=S)N1CCN(S(=O)(=O)c2ccc(C(N)=O)o2)CC1. The van der Waals surface area contributed by atoms with E-state index >= 15 is 0 Å². The molecule has 1 aromatic heterocycles. The van der Waals surface area contributed by atoms with Gasteiger partial charge in [0.25, 0.3) is 15.9 Å². The zero-order valence-corrected chi connectivity index (χ0v) is 16.3. The molecule has 1 amide bonds. The minimum atomic E-state index is -3.80. The molecule has 1 fully saturated rings. The van der Waals surface area contributed by atoms with Gasteiger partial charge in [-0.2, -0.15) is 4.31 Å². The number of hydrogen-bond donors (Lipinski definition) is 2. The van der Waals surface area contributed by atoms with Crippen LogP contribution >= 0.6 is 12.2 Å². The van der Waals surface area contributed by atoms with Crippen molar-refractivity contribution in [2.75, 3.05) is 45.9 Å². The third kappa shape index (κ3) is 5.16. The van der Waals surface area contributed by atoms with Gasteiger partial charge in [-0.05, 0) is 37.7 Å². The minimum absolute atomic E-state index is 0.181. The Morgan fingerprint density at radius 2 is 2.04 bits per heavy atom. The second-order valence-corrected chi connectivity index (χ2v) is 7.91. The zero-order chi connectivity index (χ0) is 19.2. The summed E-state index contributed by atoms with van der Waals surface area (Å²) in [6, 6.07) is 2.50. The maximum absolute atomic E-state index is 12.6. The van der Waals surface area contributed by atoms with Crippen molar-refractivity contribution < 1.29 is 22.4 Å². The Bertz CT molecular complexity index is 726. The average Bonchev–Trinajstić information content (AvgIpc) is 3.13. The lowest BCUT2D eigenvalue weighted by Crippen LogP contribution is -2.53. The van der Waals surface area contributed by atoms with Gasteiger partial charge in [0.05, 0.1) is 0 Å². The number of thiocarbonyl (C=S) groups is 1. The van der Waals surface area contributed by atoms with Crippen LogP contribution in [-0.2, 0) is 14.8 Å². The molecule has 2 rings (SSSR count). The molecule has 0 atom stereocenters. The highest BCUT2D eigenvalue weighted by Crippen LogP contribution is 2.20. The van der Waals surface area contributed by atoms with E-state index in [1.54, 1.807) is 0 Å². The first-order chi connectivity index (χ1) is 12.4. The number of nitrogens with one attached hydrogen (secondary N) is 1. The van der Waals surface area contributed by atoms with Gasteiger partial charge in [-0.15, -0.1) is 0 Å². The molecule has 0 spiro atoms. The van der Waals surface area contributed by atoms with Crippen LogP contribution in [0.15, 0.2) is 21.6 Å². The topological polar surface area (TPSA) is 118 Å². The van der Waals surface area contributed by atoms with Crippen LogP contribution < -0.4 is 11.1 Å². The van der Waals surface area contributed by atoms with Gasteiger partial charge in [-0.1, -0.05) is 0 Å². The van der Waals surface area contributed by atoms with Crippen molar-refractivity contribution in [1.82, 2.24) is 14.5 Å². The summed E-state index contributed by atoms with van der Waals surface area (Å²) in [6.07, 6.45) is 0.850. The van der Waals surface area contributed by atoms with E-state index in [1.165, 1.54) is 16.4 Å². The molecule has 1 aromatic rings. The van der Waals surface area contributed by atoms with Crippen LogP contribution in [-0.4, -0.2) is 74.6 Å². The van der Waals surface area contributed by atoms with E-state index in [2.05, 4.69) is 5.32 Å². The van der Waals surface area contributed by atoms with Crippen LogP contribution in [0, 0.1) is 0 Å². The molecule has 9 nitrogen and oxygen atoms in total. The van der Waals surface area contributed by atoms with E-state index < -0.39 is 15.9 Å². The number of primary amides is 1. The number of piperazine rings is 1. The van der Waals surface area contributed by atoms with E-state index in [1.807, 2.05) is 11.8 Å². The fourth-order valence-electron chi connectivity index (χ4n) is 2.48. The molecular weight excluding hydrogens is 380 g/mol. The van der Waals surface area contributed by atoms with Gasteiger partial charge in [0.15, 0.2) is 10.9 Å². The van der Waals surface area contributed by atoms with Gasteiger partial charge >= 0.3 is 0 Å². The third-order valence-electron chi connectivity index (χ3n) is 3.89. The average molecular weight is 405 g/mol. The van der Waals surface area contributed by atoms with Gasteiger partial charge in [-0.25, -0.2) is 8.42 Å². The monoisotopic (exact) mass is 404 g/mol. The number of sulfonamides is 1. The molecule has 0 bridgehead atoms. The summed E-state index contributed by atoms with van der Waals surface area (Å²) in [5, 5.41) is 3.47. The molecule has 11 heteroatoms. The number of amides is 1. The highest BCUT2D eigenvalue weighted by atomic mass is 32.2. The summed E-state index contributed by atoms with van der Waals surface area (Å²) >= 11 is 5.35. The maximum atomic E-state index is 12.6. The van der Waals surface area contributed by atoms with Gasteiger partial charge < -0.3 is 25.1 Å². The van der Waals surface area contributed by atoms with Gasteiger partial charge in [-0.3, -0.25) is 4.79 Å². The standard InChI is InChI=1S/C15H24N4O5S2/c1-2-23-11-3-6-17-15(25)18-7-9-19(10-8-18)26(21,22)13-5-4-12(24-13)14(16)20/h4-5H,2-3,6-11H2,1H3,(H2,16,20)(H,17,25). The Balaban J connectivity index is 1.84. The Labute approximate surface area is 158 Å². The summed E-state index contributed by atoms with van der Waals surface area (Å²) in [7, 11) is -3.80. The number of ether oxygens (including phenoxy) is 1. The molecule has 0 unspecified atom stereocenters. The first-order valence-corrected chi connectivity index (χ1v) is 10.2. The van der Waals surface area contributed by atoms with Gasteiger partial charge in [0.2, 0.25) is 5.09 Å². The van der Waals surface area contributed by atoms with Gasteiger partial charge in [0.1, 0.15) is 0 Å². The summed E-state index contributed by atoms with van der Waals surface area (Å²) in [6.45, 7) is 5.51. The van der Waals surface area contributed by atoms with Crippen LogP contribution in [0.2, 0.25) is 0 Å². The Morgan fingerprint density at radius 3 is 2.62 bits per heavy atom. The summed E-state index contributed by atoms with van der Waals surface area (Å²) in [5.74, 6) is -0.989. The highest BCUT2D eigenvalue weighted by molar-refractivity contribution is 7.89. The molecule has 0 aromatic carbocycles. The molecule has 1 aliphatic heterocycles. The number of rotatable bonds is 8. The van der Waals surface area contributed by atoms with E-state index in [0.29, 0.717) is 38.0 Å². The van der Waals surface area contributed by atoms with Gasteiger partial charge in [0, 0.05) is 45.9 Å². The summed E-state index contributed by atoms with van der Waals surface area (Å²) in [4.78, 5) is 13.0. The Kier molecular flexibility index (Phi) is 7.38.